The lowest BCUT2D eigenvalue weighted by Gasteiger charge is -2.26. The van der Waals surface area contributed by atoms with Crippen molar-refractivity contribution >= 4 is 17.6 Å². The van der Waals surface area contributed by atoms with Crippen LogP contribution >= 0.6 is 0 Å². The van der Waals surface area contributed by atoms with Crippen molar-refractivity contribution < 1.29 is 18.8 Å². The summed E-state index contributed by atoms with van der Waals surface area (Å²) < 4.78 is 18.6. The molecule has 0 saturated carbocycles. The number of ether oxygens (including phenoxy) is 3. The minimum atomic E-state index is 0.478. The first-order valence-electron chi connectivity index (χ1n) is 18.9. The van der Waals surface area contributed by atoms with E-state index in [0.29, 0.717) is 12.5 Å². The van der Waals surface area contributed by atoms with Gasteiger partial charge in [0, 0.05) is 23.9 Å². The molecular weight excluding hydrogens is 613 g/mol. The van der Waals surface area contributed by atoms with E-state index in [4.69, 9.17) is 14.2 Å². The number of aromatic nitrogens is 1. The first-order chi connectivity index (χ1) is 24.6. The van der Waals surface area contributed by atoms with Crippen molar-refractivity contribution in [3.8, 4) is 17.2 Å². The highest BCUT2D eigenvalue weighted by atomic mass is 16.5. The summed E-state index contributed by atoms with van der Waals surface area (Å²) in [4.78, 5) is 0. The number of rotatable bonds is 19. The van der Waals surface area contributed by atoms with E-state index in [1.807, 2.05) is 0 Å². The summed E-state index contributed by atoms with van der Waals surface area (Å²) in [5.74, 6) is 3.21. The van der Waals surface area contributed by atoms with Crippen molar-refractivity contribution in [2.45, 2.75) is 96.6 Å². The van der Waals surface area contributed by atoms with Crippen LogP contribution in [0.15, 0.2) is 115 Å². The lowest BCUT2D eigenvalue weighted by molar-refractivity contribution is -0.671. The highest BCUT2D eigenvalue weighted by Crippen LogP contribution is 2.31. The number of aryl methyl sites for hydroxylation is 1. The third-order valence-electron chi connectivity index (χ3n) is 9.84. The quantitative estimate of drug-likeness (QED) is 0.0497. The van der Waals surface area contributed by atoms with Crippen LogP contribution in [0.1, 0.15) is 94.1 Å². The van der Waals surface area contributed by atoms with Crippen LogP contribution in [0, 0.1) is 0 Å². The summed E-state index contributed by atoms with van der Waals surface area (Å²) in [5, 5.41) is 1.33. The van der Waals surface area contributed by atoms with Crippen molar-refractivity contribution in [1.29, 1.82) is 0 Å². The predicted octanol–water partition coefficient (Wildman–Crippen LogP) is 11.1. The Bertz CT molecular complexity index is 1580. The molecule has 1 unspecified atom stereocenters. The van der Waals surface area contributed by atoms with E-state index in [1.54, 1.807) is 21.3 Å². The number of methoxy groups -OCH3 is 3. The molecule has 0 N–H and O–H groups in total. The summed E-state index contributed by atoms with van der Waals surface area (Å²) in [6, 6.07) is 38.8. The molecule has 0 bridgehead atoms. The molecule has 5 rings (SSSR count). The maximum atomic E-state index is 5.46. The molecule has 264 valence electrons. The average molecular weight is 673 g/mol. The Balaban J connectivity index is 0.000000332. The van der Waals surface area contributed by atoms with E-state index < -0.39 is 0 Å². The van der Waals surface area contributed by atoms with Crippen LogP contribution in [0.3, 0.4) is 0 Å². The Morgan fingerprint density at radius 2 is 1.04 bits per heavy atom. The second kappa shape index (κ2) is 21.8. The van der Waals surface area contributed by atoms with Crippen LogP contribution in [0.2, 0.25) is 0 Å². The zero-order valence-electron chi connectivity index (χ0n) is 31.3. The smallest absolute Gasteiger partial charge is 0.212 e. The number of benzene rings is 4. The number of pyridine rings is 1. The summed E-state index contributed by atoms with van der Waals surface area (Å²) in [5.41, 5.74) is 5.46. The van der Waals surface area contributed by atoms with Crippen molar-refractivity contribution in [3.63, 3.8) is 0 Å². The lowest BCUT2D eigenvalue weighted by Crippen LogP contribution is -2.33. The van der Waals surface area contributed by atoms with Gasteiger partial charge < -0.3 is 14.2 Å². The lowest BCUT2D eigenvalue weighted by atomic mass is 9.34. The number of fused-ring (bicyclic) bond motifs is 1. The molecule has 0 fully saturated rings. The van der Waals surface area contributed by atoms with Gasteiger partial charge in [-0.25, -0.2) is 0 Å². The molecule has 0 aliphatic rings. The largest absolute Gasteiger partial charge is 0.497 e. The van der Waals surface area contributed by atoms with E-state index in [0.717, 1.165) is 36.4 Å². The standard InChI is InChI=1S/C32H43BO3.C13H16N/c1-5-6-7-8-9-10-11-32(28-16-22-31(36-4)23-17-28)33(24-26-12-18-29(34-2)19-13-26)25-27-14-20-30(35-3)21-15-27;1-2-3-10-14-11-6-8-12-7-4-5-9-13(12)14/h12-23,32H,5-11,24-25H2,1-4H3;4-9,11H,2-3,10H2,1H3/q;+1. The molecule has 0 radical (unpaired) electrons. The summed E-state index contributed by atoms with van der Waals surface area (Å²) >= 11 is 0. The van der Waals surface area contributed by atoms with Crippen LogP contribution in [-0.4, -0.2) is 28.0 Å². The number of unbranched alkanes of at least 4 members (excludes halogenated alkanes) is 6. The molecule has 1 heterocycles. The highest BCUT2D eigenvalue weighted by molar-refractivity contribution is 6.59. The Hall–Kier alpha value is -4.25. The van der Waals surface area contributed by atoms with Crippen LogP contribution in [0.5, 0.6) is 17.2 Å². The fraction of sp³-hybridized carbons (Fsp3) is 0.400. The molecule has 0 amide bonds. The van der Waals surface area contributed by atoms with Gasteiger partial charge >= 0.3 is 0 Å². The van der Waals surface area contributed by atoms with Crippen LogP contribution in [0.4, 0.5) is 0 Å². The minimum absolute atomic E-state index is 0.478. The molecular formula is C45H59BNO3+. The third-order valence-corrected chi connectivity index (χ3v) is 9.84. The van der Waals surface area contributed by atoms with E-state index in [-0.39, 0.29) is 0 Å². The monoisotopic (exact) mass is 672 g/mol. The van der Waals surface area contributed by atoms with Crippen LogP contribution in [0.25, 0.3) is 10.9 Å². The second-order valence-electron chi connectivity index (χ2n) is 13.4. The summed E-state index contributed by atoms with van der Waals surface area (Å²) in [6.45, 7) is 6.11. The van der Waals surface area contributed by atoms with Gasteiger partial charge in [0.05, 0.1) is 21.3 Å². The van der Waals surface area contributed by atoms with Gasteiger partial charge in [-0.3, -0.25) is 0 Å². The number of hydrogen-bond donors (Lipinski definition) is 0. The Morgan fingerprint density at radius 3 is 1.60 bits per heavy atom. The number of para-hydroxylation sites is 1. The van der Waals surface area contributed by atoms with Gasteiger partial charge in [0.25, 0.3) is 0 Å². The van der Waals surface area contributed by atoms with E-state index in [1.165, 1.54) is 85.4 Å². The Labute approximate surface area is 302 Å². The first kappa shape index (κ1) is 38.6. The molecule has 50 heavy (non-hydrogen) atoms. The molecule has 1 atom stereocenters. The fourth-order valence-electron chi connectivity index (χ4n) is 6.90. The topological polar surface area (TPSA) is 31.6 Å². The summed E-state index contributed by atoms with van der Waals surface area (Å²) in [6.07, 6.45) is 15.8. The van der Waals surface area contributed by atoms with Crippen LogP contribution < -0.4 is 18.8 Å². The zero-order chi connectivity index (χ0) is 35.4. The van der Waals surface area contributed by atoms with Gasteiger partial charge in [0.15, 0.2) is 12.9 Å². The molecule has 4 aromatic carbocycles. The molecule has 1 aromatic heterocycles. The molecule has 0 aliphatic carbocycles. The Kier molecular flexibility index (Phi) is 16.8. The number of nitrogens with zero attached hydrogens (tertiary/aromatic N) is 1. The molecule has 0 spiro atoms. The third kappa shape index (κ3) is 12.3. The fourth-order valence-corrected chi connectivity index (χ4v) is 6.90. The predicted molar refractivity (Wildman–Crippen MR) is 212 cm³/mol. The minimum Gasteiger partial charge on any atom is -0.497 e. The van der Waals surface area contributed by atoms with Gasteiger partial charge in [-0.05, 0) is 67.0 Å². The molecule has 0 saturated heterocycles. The van der Waals surface area contributed by atoms with Crippen molar-refractivity contribution in [2.75, 3.05) is 21.3 Å². The molecule has 5 heteroatoms. The normalized spacial score (nSPS) is 11.4. The second-order valence-corrected chi connectivity index (χ2v) is 13.4. The average Bonchev–Trinajstić information content (AvgIpc) is 3.17. The van der Waals surface area contributed by atoms with Gasteiger partial charge in [-0.2, -0.15) is 4.57 Å². The molecule has 5 aromatic rings. The maximum absolute atomic E-state index is 5.46. The van der Waals surface area contributed by atoms with Crippen molar-refractivity contribution in [3.05, 3.63) is 132 Å². The SMILES string of the molecule is CCCCCCCCC(B(Cc1ccc(OC)cc1)Cc1ccc(OC)cc1)c1ccc(OC)cc1.CCCC[n+]1cccc2ccccc21. The highest BCUT2D eigenvalue weighted by Gasteiger charge is 2.27. The van der Waals surface area contributed by atoms with E-state index >= 15 is 0 Å². The maximum Gasteiger partial charge on any atom is 0.212 e. The van der Waals surface area contributed by atoms with Crippen molar-refractivity contribution in [1.82, 2.24) is 0 Å². The number of hydrogen-bond acceptors (Lipinski definition) is 3. The van der Waals surface area contributed by atoms with Gasteiger partial charge in [-0.15, -0.1) is 0 Å². The van der Waals surface area contributed by atoms with Crippen molar-refractivity contribution in [2.24, 2.45) is 0 Å². The van der Waals surface area contributed by atoms with E-state index in [2.05, 4.69) is 134 Å². The Morgan fingerprint density at radius 1 is 0.540 bits per heavy atom. The molecule has 4 nitrogen and oxygen atoms in total. The van der Waals surface area contributed by atoms with Gasteiger partial charge in [-0.1, -0.05) is 130 Å². The zero-order valence-corrected chi connectivity index (χ0v) is 31.3. The van der Waals surface area contributed by atoms with Crippen LogP contribution in [-0.2, 0) is 19.2 Å². The first-order valence-corrected chi connectivity index (χ1v) is 18.9. The van der Waals surface area contributed by atoms with Gasteiger partial charge in [0.2, 0.25) is 5.52 Å². The van der Waals surface area contributed by atoms with Gasteiger partial charge in [0.1, 0.15) is 23.8 Å². The van der Waals surface area contributed by atoms with E-state index in [9.17, 15) is 0 Å². The summed E-state index contributed by atoms with van der Waals surface area (Å²) in [7, 11) is 5.18. The molecule has 0 aliphatic heterocycles.